The zero-order chi connectivity index (χ0) is 19.1. The minimum absolute atomic E-state index is 0.179. The van der Waals surface area contributed by atoms with Gasteiger partial charge in [0.25, 0.3) is 11.8 Å². The minimum atomic E-state index is -0.278. The molecule has 27 heavy (non-hydrogen) atoms. The number of rotatable bonds is 5. The molecule has 2 aromatic carbocycles. The maximum absolute atomic E-state index is 13.0. The molecule has 4 heteroatoms. The Morgan fingerprint density at radius 2 is 1.37 bits per heavy atom. The van der Waals surface area contributed by atoms with E-state index in [0.717, 1.165) is 36.8 Å². The van der Waals surface area contributed by atoms with Crippen molar-refractivity contribution in [3.8, 4) is 0 Å². The van der Waals surface area contributed by atoms with Crippen molar-refractivity contribution < 1.29 is 9.59 Å². The third kappa shape index (κ3) is 5.07. The molecule has 0 aromatic heterocycles. The summed E-state index contributed by atoms with van der Waals surface area (Å²) in [7, 11) is 0. The van der Waals surface area contributed by atoms with Crippen LogP contribution in [0.25, 0.3) is 5.57 Å². The molecule has 3 rings (SSSR count). The van der Waals surface area contributed by atoms with Crippen molar-refractivity contribution in [3.05, 3.63) is 77.5 Å². The minimum Gasteiger partial charge on any atom is -0.348 e. The van der Waals surface area contributed by atoms with Gasteiger partial charge in [0.2, 0.25) is 0 Å². The number of benzene rings is 2. The number of carbonyl (C=O) groups excluding carboxylic acids is 2. The van der Waals surface area contributed by atoms with Gasteiger partial charge in [-0.15, -0.1) is 0 Å². The smallest absolute Gasteiger partial charge is 0.268 e. The van der Waals surface area contributed by atoms with Gasteiger partial charge >= 0.3 is 0 Å². The van der Waals surface area contributed by atoms with Gasteiger partial charge < -0.3 is 10.6 Å². The molecule has 1 fully saturated rings. The van der Waals surface area contributed by atoms with E-state index in [-0.39, 0.29) is 17.9 Å². The summed E-state index contributed by atoms with van der Waals surface area (Å²) in [5.74, 6) is -0.493. The fraction of sp³-hybridized carbons (Fsp3) is 0.304. The Kier molecular flexibility index (Phi) is 6.42. The van der Waals surface area contributed by atoms with E-state index >= 15 is 0 Å². The molecule has 0 spiro atoms. The molecule has 0 aliphatic heterocycles. The Labute approximate surface area is 160 Å². The number of carbonyl (C=O) groups is 2. The highest BCUT2D eigenvalue weighted by atomic mass is 16.2. The van der Waals surface area contributed by atoms with Gasteiger partial charge in [-0.1, -0.05) is 67.8 Å². The van der Waals surface area contributed by atoms with Crippen LogP contribution < -0.4 is 10.6 Å². The van der Waals surface area contributed by atoms with E-state index in [1.807, 2.05) is 55.5 Å². The van der Waals surface area contributed by atoms with Crippen LogP contribution in [-0.4, -0.2) is 17.9 Å². The monoisotopic (exact) mass is 362 g/mol. The average molecular weight is 362 g/mol. The molecule has 2 N–H and O–H groups in total. The maximum atomic E-state index is 13.0. The third-order valence-electron chi connectivity index (χ3n) is 5.02. The lowest BCUT2D eigenvalue weighted by molar-refractivity contribution is -0.118. The van der Waals surface area contributed by atoms with Crippen LogP contribution in [0.5, 0.6) is 0 Å². The molecule has 0 bridgehead atoms. The zero-order valence-corrected chi connectivity index (χ0v) is 15.7. The Balaban J connectivity index is 1.86. The van der Waals surface area contributed by atoms with Crippen LogP contribution in [0, 0.1) is 0 Å². The van der Waals surface area contributed by atoms with Crippen molar-refractivity contribution in [2.24, 2.45) is 0 Å². The van der Waals surface area contributed by atoms with Gasteiger partial charge in [-0.25, -0.2) is 0 Å². The van der Waals surface area contributed by atoms with E-state index in [1.165, 1.54) is 6.42 Å². The van der Waals surface area contributed by atoms with E-state index in [2.05, 4.69) is 10.6 Å². The van der Waals surface area contributed by atoms with Crippen molar-refractivity contribution in [1.82, 2.24) is 10.6 Å². The van der Waals surface area contributed by atoms with Gasteiger partial charge in [0.15, 0.2) is 0 Å². The maximum Gasteiger partial charge on any atom is 0.268 e. The van der Waals surface area contributed by atoms with Crippen LogP contribution in [0.4, 0.5) is 0 Å². The van der Waals surface area contributed by atoms with E-state index in [4.69, 9.17) is 0 Å². The van der Waals surface area contributed by atoms with Crippen molar-refractivity contribution in [3.63, 3.8) is 0 Å². The van der Waals surface area contributed by atoms with E-state index < -0.39 is 0 Å². The van der Waals surface area contributed by atoms with Crippen LogP contribution in [0.2, 0.25) is 0 Å². The Hall–Kier alpha value is -2.88. The summed E-state index contributed by atoms with van der Waals surface area (Å²) >= 11 is 0. The molecule has 0 unspecified atom stereocenters. The van der Waals surface area contributed by atoms with Crippen LogP contribution >= 0.6 is 0 Å². The fourth-order valence-corrected chi connectivity index (χ4v) is 3.43. The summed E-state index contributed by atoms with van der Waals surface area (Å²) in [6.45, 7) is 1.87. The lowest BCUT2D eigenvalue weighted by atomic mass is 9.95. The molecule has 4 nitrogen and oxygen atoms in total. The van der Waals surface area contributed by atoms with Crippen molar-refractivity contribution >= 4 is 17.4 Å². The molecule has 0 radical (unpaired) electrons. The standard InChI is InChI=1S/C23H26N2O2/c1-17(18-11-5-2-6-12-18)21(23(27)24-20-15-9-4-10-16-20)25-22(26)19-13-7-3-8-14-19/h2-3,5-8,11-14,20H,4,9-10,15-16H2,1H3,(H,24,27)(H,25,26)/b21-17-. The summed E-state index contributed by atoms with van der Waals surface area (Å²) < 4.78 is 0. The predicted molar refractivity (Wildman–Crippen MR) is 108 cm³/mol. The van der Waals surface area contributed by atoms with Gasteiger partial charge in [0, 0.05) is 11.6 Å². The van der Waals surface area contributed by atoms with Crippen LogP contribution in [0.15, 0.2) is 66.4 Å². The second-order valence-corrected chi connectivity index (χ2v) is 6.99. The second-order valence-electron chi connectivity index (χ2n) is 6.99. The highest BCUT2D eigenvalue weighted by Crippen LogP contribution is 2.20. The molecule has 0 saturated heterocycles. The second kappa shape index (κ2) is 9.17. The number of hydrogen-bond donors (Lipinski definition) is 2. The topological polar surface area (TPSA) is 58.2 Å². The van der Waals surface area contributed by atoms with E-state index in [0.29, 0.717) is 11.3 Å². The first-order valence-electron chi connectivity index (χ1n) is 9.58. The van der Waals surface area contributed by atoms with Gasteiger partial charge in [0.05, 0.1) is 0 Å². The third-order valence-corrected chi connectivity index (χ3v) is 5.02. The molecule has 2 aromatic rings. The van der Waals surface area contributed by atoms with E-state index in [9.17, 15) is 9.59 Å². The quantitative estimate of drug-likeness (QED) is 0.779. The highest BCUT2D eigenvalue weighted by Gasteiger charge is 2.22. The Morgan fingerprint density at radius 1 is 0.815 bits per heavy atom. The normalized spacial score (nSPS) is 15.6. The summed E-state index contributed by atoms with van der Waals surface area (Å²) in [5, 5.41) is 5.96. The van der Waals surface area contributed by atoms with Crippen LogP contribution in [0.3, 0.4) is 0 Å². The van der Waals surface area contributed by atoms with Gasteiger partial charge in [-0.05, 0) is 43.0 Å². The molecule has 2 amide bonds. The summed E-state index contributed by atoms with van der Waals surface area (Å²) in [6.07, 6.45) is 5.49. The molecular formula is C23H26N2O2. The first kappa shape index (κ1) is 18.9. The van der Waals surface area contributed by atoms with E-state index in [1.54, 1.807) is 12.1 Å². The fourth-order valence-electron chi connectivity index (χ4n) is 3.43. The van der Waals surface area contributed by atoms with Crippen molar-refractivity contribution in [2.75, 3.05) is 0 Å². The highest BCUT2D eigenvalue weighted by molar-refractivity contribution is 6.07. The lowest BCUT2D eigenvalue weighted by Crippen LogP contribution is -2.41. The number of amides is 2. The lowest BCUT2D eigenvalue weighted by Gasteiger charge is -2.24. The number of nitrogens with one attached hydrogen (secondary N) is 2. The SMILES string of the molecule is C/C(=C(/NC(=O)c1ccccc1)C(=O)NC1CCCCC1)c1ccccc1. The predicted octanol–water partition coefficient (Wildman–Crippen LogP) is 4.30. The molecule has 1 aliphatic rings. The van der Waals surface area contributed by atoms with Gasteiger partial charge in [-0.2, -0.15) is 0 Å². The first-order valence-corrected chi connectivity index (χ1v) is 9.58. The van der Waals surface area contributed by atoms with Crippen molar-refractivity contribution in [2.45, 2.75) is 45.1 Å². The van der Waals surface area contributed by atoms with Crippen LogP contribution in [-0.2, 0) is 4.79 Å². The Bertz CT molecular complexity index is 807. The number of allylic oxidation sites excluding steroid dienone is 1. The van der Waals surface area contributed by atoms with Gasteiger partial charge in [0.1, 0.15) is 5.70 Å². The van der Waals surface area contributed by atoms with Crippen molar-refractivity contribution in [1.29, 1.82) is 0 Å². The summed E-state index contributed by atoms with van der Waals surface area (Å²) in [6, 6.07) is 18.8. The molecule has 1 aliphatic carbocycles. The molecule has 140 valence electrons. The average Bonchev–Trinajstić information content (AvgIpc) is 2.73. The zero-order valence-electron chi connectivity index (χ0n) is 15.7. The largest absolute Gasteiger partial charge is 0.348 e. The summed E-state index contributed by atoms with van der Waals surface area (Å²) in [5.41, 5.74) is 2.52. The molecular weight excluding hydrogens is 336 g/mol. The number of hydrogen-bond acceptors (Lipinski definition) is 2. The van der Waals surface area contributed by atoms with Crippen LogP contribution in [0.1, 0.15) is 54.9 Å². The molecule has 1 saturated carbocycles. The Morgan fingerprint density at radius 3 is 1.96 bits per heavy atom. The summed E-state index contributed by atoms with van der Waals surface area (Å²) in [4.78, 5) is 25.7. The van der Waals surface area contributed by atoms with Gasteiger partial charge in [-0.3, -0.25) is 9.59 Å². The molecule has 0 heterocycles. The molecule has 0 atom stereocenters. The first-order chi connectivity index (χ1) is 13.1.